The predicted molar refractivity (Wildman–Crippen MR) is 112 cm³/mol. The van der Waals surface area contributed by atoms with Crippen molar-refractivity contribution in [3.8, 4) is 0 Å². The van der Waals surface area contributed by atoms with Crippen molar-refractivity contribution in [3.05, 3.63) is 0 Å². The minimum Gasteiger partial charge on any atom is -0.379 e. The van der Waals surface area contributed by atoms with E-state index in [1.165, 1.54) is 19.3 Å². The van der Waals surface area contributed by atoms with Crippen LogP contribution >= 0.6 is 0 Å². The van der Waals surface area contributed by atoms with Gasteiger partial charge in [-0.15, -0.1) is 0 Å². The Morgan fingerprint density at radius 1 is 0.926 bits per heavy atom. The zero-order chi connectivity index (χ0) is 20.9. The highest BCUT2D eigenvalue weighted by atomic mass is 16.5. The fraction of sp³-hybridized carbons (Fsp3) is 0.905. The highest BCUT2D eigenvalue weighted by molar-refractivity contribution is 5.82. The summed E-state index contributed by atoms with van der Waals surface area (Å²) < 4.78 is 15.3. The van der Waals surface area contributed by atoms with Gasteiger partial charge in [-0.05, 0) is 19.8 Å². The maximum absolute atomic E-state index is 11.5. The third-order valence-electron chi connectivity index (χ3n) is 4.02. The zero-order valence-corrected chi connectivity index (χ0v) is 18.3. The molecule has 0 bridgehead atoms. The van der Waals surface area contributed by atoms with E-state index in [1.807, 2.05) is 34.6 Å². The molecule has 1 aliphatic rings. The van der Waals surface area contributed by atoms with Crippen LogP contribution in [-0.4, -0.2) is 51.3 Å². The van der Waals surface area contributed by atoms with Crippen molar-refractivity contribution in [1.29, 1.82) is 0 Å². The first kappa shape index (κ1) is 28.2. The minimum absolute atomic E-state index is 0. The molecule has 1 fully saturated rings. The lowest BCUT2D eigenvalue weighted by Crippen LogP contribution is -2.21. The second-order valence-corrected chi connectivity index (χ2v) is 6.53. The van der Waals surface area contributed by atoms with E-state index in [9.17, 15) is 9.59 Å². The second kappa shape index (κ2) is 21.3. The van der Waals surface area contributed by atoms with Gasteiger partial charge in [0.25, 0.3) is 0 Å². The summed E-state index contributed by atoms with van der Waals surface area (Å²) >= 11 is 0. The number of nitrogens with two attached hydrogens (primary N) is 1. The molecule has 6 nitrogen and oxygen atoms in total. The van der Waals surface area contributed by atoms with Crippen LogP contribution in [0.15, 0.2) is 0 Å². The van der Waals surface area contributed by atoms with Gasteiger partial charge in [0.1, 0.15) is 5.78 Å². The monoisotopic (exact) mass is 391 g/mol. The molecule has 1 amide bonds. The largest absolute Gasteiger partial charge is 0.379 e. The second-order valence-electron chi connectivity index (χ2n) is 6.53. The molecule has 0 aromatic heterocycles. The predicted octanol–water partition coefficient (Wildman–Crippen LogP) is 4.00. The van der Waals surface area contributed by atoms with E-state index in [4.69, 9.17) is 19.9 Å². The number of carbonyl (C=O) groups excluding carboxylic acids is 2. The molecule has 0 aromatic carbocycles. The lowest BCUT2D eigenvalue weighted by molar-refractivity contribution is -0.126. The summed E-state index contributed by atoms with van der Waals surface area (Å²) in [4.78, 5) is 21.8. The van der Waals surface area contributed by atoms with E-state index in [2.05, 4.69) is 0 Å². The molecule has 0 atom stereocenters. The molecule has 2 N–H and O–H groups in total. The third kappa shape index (κ3) is 19.6. The molecule has 0 unspecified atom stereocenters. The molecule has 0 aliphatic heterocycles. The summed E-state index contributed by atoms with van der Waals surface area (Å²) in [7, 11) is 0. The molecule has 6 heteroatoms. The standard InChI is InChI=1S/C10H18O.C9H19NO4.C2H6.H2/c1-8(2)10(11)9-6-4-3-5-7-9;1-2-12-5-6-14-8-7-13-4-3-9(10)11;1-2;/h8-9H,3-7H2,1-2H3;2-8H2,1H3,(H2,10,11);1-2H3;1H. The molecule has 0 aromatic rings. The SMILES string of the molecule is CC.CC(C)C(=O)C1CCCCC1.CCOCCOCCOCCC(N)=O.[HH]. The van der Waals surface area contributed by atoms with Gasteiger partial charge in [0.2, 0.25) is 5.91 Å². The Morgan fingerprint density at radius 2 is 1.41 bits per heavy atom. The summed E-state index contributed by atoms with van der Waals surface area (Å²) in [5, 5.41) is 0. The number of ketones is 1. The van der Waals surface area contributed by atoms with E-state index in [0.717, 1.165) is 12.8 Å². The number of hydrogen-bond acceptors (Lipinski definition) is 5. The van der Waals surface area contributed by atoms with Crippen LogP contribution in [0.25, 0.3) is 0 Å². The maximum Gasteiger partial charge on any atom is 0.219 e. The number of carbonyl (C=O) groups is 2. The van der Waals surface area contributed by atoms with E-state index < -0.39 is 0 Å². The van der Waals surface area contributed by atoms with Crippen LogP contribution in [0.2, 0.25) is 0 Å². The Kier molecular flexibility index (Phi) is 22.3. The molecule has 27 heavy (non-hydrogen) atoms. The minimum atomic E-state index is -0.345. The maximum atomic E-state index is 11.5. The first-order valence-corrected chi connectivity index (χ1v) is 10.5. The van der Waals surface area contributed by atoms with Crippen LogP contribution in [0.1, 0.15) is 74.6 Å². The first-order valence-electron chi connectivity index (χ1n) is 10.5. The summed E-state index contributed by atoms with van der Waals surface area (Å²) in [5.41, 5.74) is 4.92. The van der Waals surface area contributed by atoms with Gasteiger partial charge in [-0.1, -0.05) is 47.0 Å². The molecular weight excluding hydrogens is 346 g/mol. The fourth-order valence-electron chi connectivity index (χ4n) is 2.62. The number of rotatable bonds is 12. The van der Waals surface area contributed by atoms with Gasteiger partial charge < -0.3 is 19.9 Å². The highest BCUT2D eigenvalue weighted by Crippen LogP contribution is 2.26. The van der Waals surface area contributed by atoms with Crippen molar-refractivity contribution in [2.24, 2.45) is 17.6 Å². The lowest BCUT2D eigenvalue weighted by Gasteiger charge is -2.21. The molecule has 1 saturated carbocycles. The molecule has 0 radical (unpaired) electrons. The molecule has 164 valence electrons. The smallest absolute Gasteiger partial charge is 0.219 e. The number of Topliss-reactive ketones (excluding diaryl/α,β-unsaturated/α-hetero) is 1. The van der Waals surface area contributed by atoms with Gasteiger partial charge in [-0.25, -0.2) is 0 Å². The van der Waals surface area contributed by atoms with Crippen LogP contribution in [0.4, 0.5) is 0 Å². The zero-order valence-electron chi connectivity index (χ0n) is 18.3. The van der Waals surface area contributed by atoms with Crippen LogP contribution in [-0.2, 0) is 23.8 Å². The van der Waals surface area contributed by atoms with Crippen LogP contribution in [0.5, 0.6) is 0 Å². The number of primary amides is 1. The topological polar surface area (TPSA) is 87.8 Å². The molecule has 0 saturated heterocycles. The van der Waals surface area contributed by atoms with Gasteiger partial charge in [-0.3, -0.25) is 9.59 Å². The summed E-state index contributed by atoms with van der Waals surface area (Å²) in [6.07, 6.45) is 6.43. The van der Waals surface area contributed by atoms with Crippen molar-refractivity contribution >= 4 is 11.7 Å². The van der Waals surface area contributed by atoms with Gasteiger partial charge in [0.15, 0.2) is 0 Å². The molecule has 1 rings (SSSR count). The lowest BCUT2D eigenvalue weighted by atomic mass is 9.83. The average molecular weight is 392 g/mol. The Balaban J connectivity index is -0.000000404. The molecule has 0 spiro atoms. The normalized spacial score (nSPS) is 14.0. The van der Waals surface area contributed by atoms with Gasteiger partial charge in [-0.2, -0.15) is 0 Å². The quantitative estimate of drug-likeness (QED) is 0.508. The van der Waals surface area contributed by atoms with Crippen LogP contribution in [0.3, 0.4) is 0 Å². The fourth-order valence-corrected chi connectivity index (χ4v) is 2.62. The number of ether oxygens (including phenoxy) is 3. The Bertz CT molecular complexity index is 348. The molecular formula is C21H45NO5. The van der Waals surface area contributed by atoms with E-state index >= 15 is 0 Å². The summed E-state index contributed by atoms with van der Waals surface area (Å²) in [6, 6.07) is 0. The van der Waals surface area contributed by atoms with Crippen molar-refractivity contribution in [1.82, 2.24) is 0 Å². The van der Waals surface area contributed by atoms with Crippen molar-refractivity contribution < 1.29 is 25.2 Å². The van der Waals surface area contributed by atoms with Crippen molar-refractivity contribution in [2.45, 2.75) is 73.1 Å². The Labute approximate surface area is 168 Å². The highest BCUT2D eigenvalue weighted by Gasteiger charge is 2.22. The number of hydrogen-bond donors (Lipinski definition) is 1. The van der Waals surface area contributed by atoms with Gasteiger partial charge in [0.05, 0.1) is 33.0 Å². The van der Waals surface area contributed by atoms with Crippen molar-refractivity contribution in [2.75, 3.05) is 39.6 Å². The van der Waals surface area contributed by atoms with E-state index in [-0.39, 0.29) is 19.7 Å². The Hall–Kier alpha value is -0.980. The third-order valence-corrected chi connectivity index (χ3v) is 4.02. The van der Waals surface area contributed by atoms with Crippen LogP contribution in [0, 0.1) is 11.8 Å². The van der Waals surface area contributed by atoms with Gasteiger partial charge >= 0.3 is 0 Å². The van der Waals surface area contributed by atoms with E-state index in [1.54, 1.807) is 0 Å². The average Bonchev–Trinajstić information content (AvgIpc) is 2.68. The number of amides is 1. The summed E-state index contributed by atoms with van der Waals surface area (Å²) in [6.45, 7) is 13.2. The summed E-state index contributed by atoms with van der Waals surface area (Å²) in [5.74, 6) is 0.800. The van der Waals surface area contributed by atoms with E-state index in [0.29, 0.717) is 51.3 Å². The molecule has 0 heterocycles. The van der Waals surface area contributed by atoms with Crippen molar-refractivity contribution in [3.63, 3.8) is 0 Å². The van der Waals surface area contributed by atoms with Crippen LogP contribution < -0.4 is 5.73 Å². The first-order chi connectivity index (χ1) is 13.0. The van der Waals surface area contributed by atoms with Gasteiger partial charge in [0, 0.05) is 26.3 Å². The molecule has 1 aliphatic carbocycles. The Morgan fingerprint density at radius 3 is 1.85 bits per heavy atom.